The van der Waals surface area contributed by atoms with E-state index in [9.17, 15) is 9.18 Å². The molecular weight excluding hydrogens is 237 g/mol. The van der Waals surface area contributed by atoms with Crippen LogP contribution < -0.4 is 5.32 Å². The Morgan fingerprint density at radius 1 is 1.56 bits per heavy atom. The fraction of sp³-hybridized carbons (Fsp3) is 0.0833. The van der Waals surface area contributed by atoms with Crippen molar-refractivity contribution in [2.75, 3.05) is 5.32 Å². The highest BCUT2D eigenvalue weighted by molar-refractivity contribution is 6.05. The number of hydrogen-bond acceptors (Lipinski definition) is 4. The van der Waals surface area contributed by atoms with Crippen LogP contribution in [0.1, 0.15) is 21.7 Å². The Labute approximate surface area is 102 Å². The minimum absolute atomic E-state index is 0.114. The first kappa shape index (κ1) is 11.8. The first-order valence-corrected chi connectivity index (χ1v) is 5.04. The molecule has 90 valence electrons. The number of benzene rings is 1. The van der Waals surface area contributed by atoms with Crippen LogP contribution in [0, 0.1) is 24.1 Å². The molecule has 0 aliphatic rings. The molecule has 0 aliphatic heterocycles. The second-order valence-corrected chi connectivity index (χ2v) is 3.52. The van der Waals surface area contributed by atoms with Gasteiger partial charge in [0.15, 0.2) is 0 Å². The van der Waals surface area contributed by atoms with Crippen LogP contribution >= 0.6 is 0 Å². The van der Waals surface area contributed by atoms with Gasteiger partial charge in [0.25, 0.3) is 5.91 Å². The highest BCUT2D eigenvalue weighted by Crippen LogP contribution is 2.19. The summed E-state index contributed by atoms with van der Waals surface area (Å²) in [6.07, 6.45) is 1.26. The van der Waals surface area contributed by atoms with Crippen LogP contribution in [0.3, 0.4) is 0 Å². The van der Waals surface area contributed by atoms with E-state index in [2.05, 4.69) is 10.5 Å². The molecule has 0 spiro atoms. The molecule has 1 aromatic heterocycles. The lowest BCUT2D eigenvalue weighted by Crippen LogP contribution is -2.13. The molecule has 0 aliphatic carbocycles. The number of amides is 1. The molecule has 1 N–H and O–H groups in total. The quantitative estimate of drug-likeness (QED) is 0.879. The van der Waals surface area contributed by atoms with Crippen molar-refractivity contribution in [2.45, 2.75) is 6.92 Å². The van der Waals surface area contributed by atoms with Gasteiger partial charge in [-0.2, -0.15) is 5.26 Å². The molecule has 2 aromatic rings. The largest absolute Gasteiger partial charge is 0.361 e. The Morgan fingerprint density at radius 3 is 2.94 bits per heavy atom. The first-order chi connectivity index (χ1) is 8.63. The monoisotopic (exact) mass is 245 g/mol. The van der Waals surface area contributed by atoms with Gasteiger partial charge in [0.1, 0.15) is 28.8 Å². The fourth-order valence-electron chi connectivity index (χ4n) is 1.45. The third-order valence-corrected chi connectivity index (χ3v) is 2.37. The lowest BCUT2D eigenvalue weighted by molar-refractivity contribution is 0.102. The molecule has 0 saturated heterocycles. The summed E-state index contributed by atoms with van der Waals surface area (Å²) in [4.78, 5) is 11.8. The SMILES string of the molecule is Cc1oncc1C(=O)Nc1cccc(F)c1C#N. The molecule has 0 unspecified atom stereocenters. The number of rotatable bonds is 2. The van der Waals surface area contributed by atoms with Gasteiger partial charge in [-0.1, -0.05) is 11.2 Å². The number of anilines is 1. The van der Waals surface area contributed by atoms with Crippen molar-refractivity contribution in [3.63, 3.8) is 0 Å². The van der Waals surface area contributed by atoms with Gasteiger partial charge in [0.05, 0.1) is 11.9 Å². The van der Waals surface area contributed by atoms with Gasteiger partial charge in [0.2, 0.25) is 0 Å². The number of hydrogen-bond donors (Lipinski definition) is 1. The topological polar surface area (TPSA) is 78.9 Å². The van der Waals surface area contributed by atoms with Crippen molar-refractivity contribution in [3.05, 3.63) is 47.1 Å². The third-order valence-electron chi connectivity index (χ3n) is 2.37. The number of nitrogens with zero attached hydrogens (tertiary/aromatic N) is 2. The number of nitrogens with one attached hydrogen (secondary N) is 1. The zero-order valence-electron chi connectivity index (χ0n) is 9.40. The average molecular weight is 245 g/mol. The summed E-state index contributed by atoms with van der Waals surface area (Å²) in [6.45, 7) is 1.58. The zero-order valence-corrected chi connectivity index (χ0v) is 9.40. The van der Waals surface area contributed by atoms with Crippen LogP contribution in [0.15, 0.2) is 28.9 Å². The molecule has 0 bridgehead atoms. The van der Waals surface area contributed by atoms with E-state index in [0.29, 0.717) is 5.76 Å². The van der Waals surface area contributed by atoms with Gasteiger partial charge >= 0.3 is 0 Å². The molecule has 0 atom stereocenters. The van der Waals surface area contributed by atoms with Crippen LogP contribution in [0.5, 0.6) is 0 Å². The predicted octanol–water partition coefficient (Wildman–Crippen LogP) is 2.25. The molecule has 1 aromatic carbocycles. The summed E-state index contributed by atoms with van der Waals surface area (Å²) in [5.41, 5.74) is 0.145. The van der Waals surface area contributed by atoms with Crippen LogP contribution in [0.2, 0.25) is 0 Å². The lowest BCUT2D eigenvalue weighted by atomic mass is 10.1. The number of carbonyl (C=O) groups excluding carboxylic acids is 1. The van der Waals surface area contributed by atoms with Crippen LogP contribution in [0.4, 0.5) is 10.1 Å². The van der Waals surface area contributed by atoms with Gasteiger partial charge in [-0.25, -0.2) is 4.39 Å². The second-order valence-electron chi connectivity index (χ2n) is 3.52. The van der Waals surface area contributed by atoms with Crippen molar-refractivity contribution < 1.29 is 13.7 Å². The standard InChI is InChI=1S/C12H8FN3O2/c1-7-9(6-15-18-7)12(17)16-11-4-2-3-10(13)8(11)5-14/h2-4,6H,1H3,(H,16,17). The fourth-order valence-corrected chi connectivity index (χ4v) is 1.45. The van der Waals surface area contributed by atoms with E-state index < -0.39 is 11.7 Å². The van der Waals surface area contributed by atoms with Crippen LogP contribution in [-0.2, 0) is 0 Å². The summed E-state index contributed by atoms with van der Waals surface area (Å²) in [7, 11) is 0. The third kappa shape index (κ3) is 2.06. The molecule has 1 amide bonds. The van der Waals surface area contributed by atoms with Crippen molar-refractivity contribution >= 4 is 11.6 Å². The van der Waals surface area contributed by atoms with Gasteiger partial charge in [-0.05, 0) is 19.1 Å². The number of nitriles is 1. The summed E-state index contributed by atoms with van der Waals surface area (Å²) >= 11 is 0. The van der Waals surface area contributed by atoms with Crippen LogP contribution in [0.25, 0.3) is 0 Å². The van der Waals surface area contributed by atoms with E-state index in [4.69, 9.17) is 9.78 Å². The molecule has 0 radical (unpaired) electrons. The molecule has 0 fully saturated rings. The minimum atomic E-state index is -0.683. The smallest absolute Gasteiger partial charge is 0.260 e. The van der Waals surface area contributed by atoms with Crippen molar-refractivity contribution in [1.82, 2.24) is 5.16 Å². The van der Waals surface area contributed by atoms with E-state index in [0.717, 1.165) is 6.07 Å². The molecule has 5 nitrogen and oxygen atoms in total. The Hall–Kier alpha value is -2.68. The lowest BCUT2D eigenvalue weighted by Gasteiger charge is -2.06. The molecule has 18 heavy (non-hydrogen) atoms. The van der Waals surface area contributed by atoms with E-state index in [1.165, 1.54) is 18.3 Å². The molecule has 1 heterocycles. The Morgan fingerprint density at radius 2 is 2.33 bits per heavy atom. The van der Waals surface area contributed by atoms with Crippen molar-refractivity contribution in [3.8, 4) is 6.07 Å². The highest BCUT2D eigenvalue weighted by Gasteiger charge is 2.15. The molecule has 6 heteroatoms. The molecule has 2 rings (SSSR count). The number of halogens is 1. The number of carbonyl (C=O) groups is 1. The highest BCUT2D eigenvalue weighted by atomic mass is 19.1. The van der Waals surface area contributed by atoms with Gasteiger partial charge in [-0.3, -0.25) is 4.79 Å². The van der Waals surface area contributed by atoms with Gasteiger partial charge in [-0.15, -0.1) is 0 Å². The molecular formula is C12H8FN3O2. The maximum absolute atomic E-state index is 13.3. The normalized spacial score (nSPS) is 9.83. The predicted molar refractivity (Wildman–Crippen MR) is 60.3 cm³/mol. The van der Waals surface area contributed by atoms with E-state index in [-0.39, 0.29) is 16.8 Å². The van der Waals surface area contributed by atoms with Gasteiger partial charge in [0, 0.05) is 0 Å². The van der Waals surface area contributed by atoms with E-state index in [1.807, 2.05) is 0 Å². The van der Waals surface area contributed by atoms with Gasteiger partial charge < -0.3 is 9.84 Å². The van der Waals surface area contributed by atoms with Crippen LogP contribution in [-0.4, -0.2) is 11.1 Å². The number of aryl methyl sites for hydroxylation is 1. The van der Waals surface area contributed by atoms with E-state index >= 15 is 0 Å². The van der Waals surface area contributed by atoms with Crippen molar-refractivity contribution in [2.24, 2.45) is 0 Å². The molecule has 0 saturated carbocycles. The maximum Gasteiger partial charge on any atom is 0.260 e. The maximum atomic E-state index is 13.3. The Balaban J connectivity index is 2.31. The zero-order chi connectivity index (χ0) is 13.1. The Bertz CT molecular complexity index is 643. The second kappa shape index (κ2) is 4.67. The van der Waals surface area contributed by atoms with Crippen molar-refractivity contribution in [1.29, 1.82) is 5.26 Å². The number of aromatic nitrogens is 1. The van der Waals surface area contributed by atoms with E-state index in [1.54, 1.807) is 13.0 Å². The summed E-state index contributed by atoms with van der Waals surface area (Å²) in [5, 5.41) is 14.7. The average Bonchev–Trinajstić information content (AvgIpc) is 2.76. The summed E-state index contributed by atoms with van der Waals surface area (Å²) < 4.78 is 18.1. The first-order valence-electron chi connectivity index (χ1n) is 5.04. The summed E-state index contributed by atoms with van der Waals surface area (Å²) in [5.74, 6) is -0.837. The Kier molecular flexibility index (Phi) is 3.06. The summed E-state index contributed by atoms with van der Waals surface area (Å²) in [6, 6.07) is 5.71. The minimum Gasteiger partial charge on any atom is -0.361 e.